The fourth-order valence-corrected chi connectivity index (χ4v) is 5.76. The molecule has 0 bridgehead atoms. The van der Waals surface area contributed by atoms with Crippen molar-refractivity contribution in [2.45, 2.75) is 13.5 Å². The summed E-state index contributed by atoms with van der Waals surface area (Å²) in [5.41, 5.74) is 3.92. The van der Waals surface area contributed by atoms with Crippen molar-refractivity contribution in [1.29, 1.82) is 0 Å². The third-order valence-corrected chi connectivity index (χ3v) is 7.34. The van der Waals surface area contributed by atoms with Crippen LogP contribution >= 0.6 is 0 Å². The Hall–Kier alpha value is -4.87. The molecule has 1 aliphatic heterocycles. The number of aromatic amines is 1. The number of aliphatic imine (C=N–C) groups is 1. The molecule has 0 amide bonds. The van der Waals surface area contributed by atoms with Gasteiger partial charge in [-0.05, 0) is 55.6 Å². The number of H-pyrrole nitrogens is 1. The summed E-state index contributed by atoms with van der Waals surface area (Å²) in [4.78, 5) is 7.79. The van der Waals surface area contributed by atoms with Gasteiger partial charge >= 0.3 is 0 Å². The second-order valence-corrected chi connectivity index (χ2v) is 9.25. The summed E-state index contributed by atoms with van der Waals surface area (Å²) >= 11 is 0. The van der Waals surface area contributed by atoms with Gasteiger partial charge in [0.25, 0.3) is 0 Å². The standard InChI is InChI=1S/C17H13N.C16H11N.C2H2/c1-11-17-15-9-5-4-7-13(15)12-6-2-3-8-14(12)16(17)10-18-11;1-3-7-13-11(5-1)12-6-2-4-8-14(12)16-10-17-9-15(13)16;1-2/h2-10,18H,1H3;1-9H,10H2;1-2H. The van der Waals surface area contributed by atoms with Gasteiger partial charge in [-0.15, -0.1) is 12.8 Å². The van der Waals surface area contributed by atoms with Crippen molar-refractivity contribution in [3.63, 3.8) is 0 Å². The molecule has 1 aromatic heterocycles. The molecule has 8 rings (SSSR count). The van der Waals surface area contributed by atoms with Crippen molar-refractivity contribution in [2.75, 3.05) is 0 Å². The third kappa shape index (κ3) is 3.56. The van der Waals surface area contributed by atoms with Crippen molar-refractivity contribution in [2.24, 2.45) is 4.99 Å². The summed E-state index contributed by atoms with van der Waals surface area (Å²) in [7, 11) is 0. The minimum Gasteiger partial charge on any atom is -0.364 e. The number of hydrogen-bond acceptors (Lipinski definition) is 1. The summed E-state index contributed by atoms with van der Waals surface area (Å²) in [6.45, 7) is 2.96. The molecule has 7 aromatic rings. The molecule has 0 atom stereocenters. The molecule has 0 radical (unpaired) electrons. The monoisotopic (exact) mass is 474 g/mol. The third-order valence-electron chi connectivity index (χ3n) is 7.34. The Bertz CT molecular complexity index is 1990. The first-order valence-corrected chi connectivity index (χ1v) is 12.4. The van der Waals surface area contributed by atoms with Crippen LogP contribution in [0, 0.1) is 19.8 Å². The highest BCUT2D eigenvalue weighted by Crippen LogP contribution is 2.36. The summed E-state index contributed by atoms with van der Waals surface area (Å²) < 4.78 is 0. The zero-order valence-electron chi connectivity index (χ0n) is 20.7. The van der Waals surface area contributed by atoms with E-state index in [1.54, 1.807) is 0 Å². The summed E-state index contributed by atoms with van der Waals surface area (Å²) in [6, 6.07) is 34.5. The number of terminal acetylenes is 1. The lowest BCUT2D eigenvalue weighted by Gasteiger charge is -2.09. The smallest absolute Gasteiger partial charge is 0.0652 e. The Morgan fingerprint density at radius 1 is 0.568 bits per heavy atom. The Morgan fingerprint density at radius 3 is 1.62 bits per heavy atom. The molecule has 0 spiro atoms. The van der Waals surface area contributed by atoms with Gasteiger partial charge in [-0.2, -0.15) is 0 Å². The number of aryl methyl sites for hydroxylation is 1. The average Bonchev–Trinajstić information content (AvgIpc) is 3.63. The maximum atomic E-state index is 4.43. The molecule has 0 saturated heterocycles. The second kappa shape index (κ2) is 9.30. The van der Waals surface area contributed by atoms with Crippen LogP contribution in [0.1, 0.15) is 16.8 Å². The highest BCUT2D eigenvalue weighted by molar-refractivity contribution is 6.26. The minimum absolute atomic E-state index is 0.820. The molecule has 6 aromatic carbocycles. The predicted molar refractivity (Wildman–Crippen MR) is 161 cm³/mol. The van der Waals surface area contributed by atoms with E-state index in [1.165, 1.54) is 70.7 Å². The molecule has 0 fully saturated rings. The van der Waals surface area contributed by atoms with E-state index in [0.717, 1.165) is 6.54 Å². The number of fused-ring (bicyclic) bond motifs is 12. The number of aromatic nitrogens is 1. The lowest BCUT2D eigenvalue weighted by atomic mass is 9.93. The van der Waals surface area contributed by atoms with E-state index >= 15 is 0 Å². The predicted octanol–water partition coefficient (Wildman–Crippen LogP) is 8.96. The summed E-state index contributed by atoms with van der Waals surface area (Å²) in [6.07, 6.45) is 12.1. The van der Waals surface area contributed by atoms with Crippen LogP contribution < -0.4 is 0 Å². The van der Waals surface area contributed by atoms with Crippen molar-refractivity contribution < 1.29 is 0 Å². The van der Waals surface area contributed by atoms with Crippen LogP contribution in [0.15, 0.2) is 108 Å². The first-order chi connectivity index (χ1) is 18.3. The van der Waals surface area contributed by atoms with E-state index < -0.39 is 0 Å². The van der Waals surface area contributed by atoms with E-state index in [1.807, 2.05) is 6.21 Å². The molecule has 1 aliphatic rings. The lowest BCUT2D eigenvalue weighted by molar-refractivity contribution is 1.13. The highest BCUT2D eigenvalue weighted by atomic mass is 14.7. The fourth-order valence-electron chi connectivity index (χ4n) is 5.76. The first-order valence-electron chi connectivity index (χ1n) is 12.4. The van der Waals surface area contributed by atoms with Crippen molar-refractivity contribution in [3.8, 4) is 12.8 Å². The maximum Gasteiger partial charge on any atom is 0.0652 e. The molecule has 37 heavy (non-hydrogen) atoms. The Labute approximate surface area is 216 Å². The molecule has 1 N–H and O–H groups in total. The van der Waals surface area contributed by atoms with Crippen molar-refractivity contribution >= 4 is 60.1 Å². The van der Waals surface area contributed by atoms with Gasteiger partial charge in [0.05, 0.1) is 6.54 Å². The van der Waals surface area contributed by atoms with Gasteiger partial charge in [0, 0.05) is 34.4 Å². The Morgan fingerprint density at radius 2 is 1.00 bits per heavy atom. The van der Waals surface area contributed by atoms with Gasteiger partial charge in [0.15, 0.2) is 0 Å². The largest absolute Gasteiger partial charge is 0.364 e. The Kier molecular flexibility index (Phi) is 5.68. The van der Waals surface area contributed by atoms with Crippen LogP contribution in [0.5, 0.6) is 0 Å². The van der Waals surface area contributed by atoms with Crippen molar-refractivity contribution in [1.82, 2.24) is 4.98 Å². The number of rotatable bonds is 0. The maximum absolute atomic E-state index is 4.43. The van der Waals surface area contributed by atoms with Gasteiger partial charge in [-0.25, -0.2) is 0 Å². The van der Waals surface area contributed by atoms with Gasteiger partial charge < -0.3 is 4.98 Å². The second-order valence-electron chi connectivity index (χ2n) is 9.25. The van der Waals surface area contributed by atoms with E-state index in [4.69, 9.17) is 0 Å². The molecule has 0 aliphatic carbocycles. The molecule has 2 heteroatoms. The zero-order chi connectivity index (χ0) is 25.4. The van der Waals surface area contributed by atoms with Crippen LogP contribution in [0.2, 0.25) is 0 Å². The lowest BCUT2D eigenvalue weighted by Crippen LogP contribution is -1.90. The van der Waals surface area contributed by atoms with Gasteiger partial charge in [-0.1, -0.05) is 97.1 Å². The molecule has 176 valence electrons. The normalized spacial score (nSPS) is 11.9. The van der Waals surface area contributed by atoms with E-state index in [0.29, 0.717) is 0 Å². The summed E-state index contributed by atoms with van der Waals surface area (Å²) in [5, 5.41) is 13.3. The Balaban J connectivity index is 0.000000128. The quantitative estimate of drug-likeness (QED) is 0.168. The zero-order valence-corrected chi connectivity index (χ0v) is 20.7. The fraction of sp³-hybridized carbons (Fsp3) is 0.0571. The molecule has 0 unspecified atom stereocenters. The minimum atomic E-state index is 0.820. The number of hydrogen-bond donors (Lipinski definition) is 1. The van der Waals surface area contributed by atoms with Gasteiger partial charge in [0.2, 0.25) is 0 Å². The topological polar surface area (TPSA) is 28.1 Å². The van der Waals surface area contributed by atoms with Gasteiger partial charge in [0.1, 0.15) is 0 Å². The summed E-state index contributed by atoms with van der Waals surface area (Å²) in [5.74, 6) is 0. The van der Waals surface area contributed by atoms with E-state index in [9.17, 15) is 0 Å². The SMILES string of the molecule is C#C.C1=NCc2c1c1ccccc1c1ccccc21.Cc1[nH]cc2c3ccccc3c3ccccc3c12. The average molecular weight is 475 g/mol. The van der Waals surface area contributed by atoms with Crippen molar-refractivity contribution in [3.05, 3.63) is 120 Å². The van der Waals surface area contributed by atoms with Gasteiger partial charge in [-0.3, -0.25) is 4.99 Å². The molecular weight excluding hydrogens is 448 g/mol. The molecule has 2 heterocycles. The first kappa shape index (κ1) is 22.6. The molecular formula is C35H26N2. The highest BCUT2D eigenvalue weighted by Gasteiger charge is 2.15. The molecule has 2 nitrogen and oxygen atoms in total. The number of benzene rings is 6. The van der Waals surface area contributed by atoms with Crippen LogP contribution in [0.3, 0.4) is 0 Å². The van der Waals surface area contributed by atoms with Crippen LogP contribution in [0.25, 0.3) is 53.9 Å². The van der Waals surface area contributed by atoms with Crippen LogP contribution in [-0.2, 0) is 6.54 Å². The number of nitrogens with one attached hydrogen (secondary N) is 1. The molecule has 0 saturated carbocycles. The van der Waals surface area contributed by atoms with Crippen LogP contribution in [-0.4, -0.2) is 11.2 Å². The van der Waals surface area contributed by atoms with Crippen LogP contribution in [0.4, 0.5) is 0 Å². The van der Waals surface area contributed by atoms with E-state index in [-0.39, 0.29) is 0 Å². The van der Waals surface area contributed by atoms with E-state index in [2.05, 4.69) is 133 Å². The number of nitrogens with zero attached hydrogens (tertiary/aromatic N) is 1.